The van der Waals surface area contributed by atoms with E-state index in [4.69, 9.17) is 0 Å². The van der Waals surface area contributed by atoms with Crippen molar-refractivity contribution in [2.75, 3.05) is 18.5 Å². The molecule has 1 heterocycles. The summed E-state index contributed by atoms with van der Waals surface area (Å²) in [7, 11) is 1.85. The number of hydrogen-bond acceptors (Lipinski definition) is 4. The number of likely N-dealkylation sites (N-methyl/N-ethyl adjacent to an activating group) is 1. The van der Waals surface area contributed by atoms with Crippen molar-refractivity contribution in [3.8, 4) is 0 Å². The third-order valence-electron chi connectivity index (χ3n) is 2.93. The molecule has 1 fully saturated rings. The van der Waals surface area contributed by atoms with Crippen LogP contribution < -0.4 is 10.2 Å². The first-order valence-electron chi connectivity index (χ1n) is 5.87. The molecule has 17 heavy (non-hydrogen) atoms. The molecular weight excluding hydrogens is 216 g/mol. The van der Waals surface area contributed by atoms with Crippen molar-refractivity contribution < 1.29 is 4.79 Å². The van der Waals surface area contributed by atoms with Crippen molar-refractivity contribution in [3.63, 3.8) is 0 Å². The van der Waals surface area contributed by atoms with Crippen LogP contribution in [0.3, 0.4) is 0 Å². The summed E-state index contributed by atoms with van der Waals surface area (Å²) in [4.78, 5) is 13.4. The zero-order valence-corrected chi connectivity index (χ0v) is 10.5. The average Bonchev–Trinajstić information content (AvgIpc) is 3.05. The van der Waals surface area contributed by atoms with Gasteiger partial charge in [-0.1, -0.05) is 0 Å². The standard InChI is InChI=1S/C12H18N4O/c1-8-6-11(15-14-9(8)2)16(3)7-12(17)13-10-4-5-10/h6,10H,4-5,7H2,1-3H3,(H,13,17). The van der Waals surface area contributed by atoms with Crippen molar-refractivity contribution >= 4 is 11.7 Å². The molecule has 0 aliphatic heterocycles. The van der Waals surface area contributed by atoms with Crippen LogP contribution in [0.4, 0.5) is 5.82 Å². The van der Waals surface area contributed by atoms with Gasteiger partial charge in [-0.25, -0.2) is 0 Å². The lowest BCUT2D eigenvalue weighted by Crippen LogP contribution is -2.36. The molecule has 5 heteroatoms. The molecule has 1 aromatic heterocycles. The number of nitrogens with zero attached hydrogens (tertiary/aromatic N) is 3. The van der Waals surface area contributed by atoms with Crippen LogP contribution in [-0.2, 0) is 4.79 Å². The van der Waals surface area contributed by atoms with Crippen LogP contribution in [0.2, 0.25) is 0 Å². The summed E-state index contributed by atoms with van der Waals surface area (Å²) in [5.74, 6) is 0.786. The van der Waals surface area contributed by atoms with E-state index in [-0.39, 0.29) is 5.91 Å². The summed E-state index contributed by atoms with van der Waals surface area (Å²) in [6.45, 7) is 4.24. The first-order valence-corrected chi connectivity index (χ1v) is 5.87. The highest BCUT2D eigenvalue weighted by atomic mass is 16.2. The third-order valence-corrected chi connectivity index (χ3v) is 2.93. The molecule has 1 saturated carbocycles. The number of aryl methyl sites for hydroxylation is 2. The number of nitrogens with one attached hydrogen (secondary N) is 1. The molecule has 1 aliphatic rings. The second-order valence-corrected chi connectivity index (χ2v) is 4.67. The van der Waals surface area contributed by atoms with E-state index >= 15 is 0 Å². The molecule has 0 spiro atoms. The Bertz CT molecular complexity index is 429. The lowest BCUT2D eigenvalue weighted by Gasteiger charge is -2.17. The van der Waals surface area contributed by atoms with Gasteiger partial charge >= 0.3 is 0 Å². The Morgan fingerprint density at radius 1 is 1.47 bits per heavy atom. The summed E-state index contributed by atoms with van der Waals surface area (Å²) in [6.07, 6.45) is 2.22. The minimum atomic E-state index is 0.0510. The van der Waals surface area contributed by atoms with Crippen LogP contribution in [0.15, 0.2) is 6.07 Å². The van der Waals surface area contributed by atoms with Gasteiger partial charge in [0.05, 0.1) is 12.2 Å². The zero-order chi connectivity index (χ0) is 12.4. The van der Waals surface area contributed by atoms with Crippen LogP contribution in [0.25, 0.3) is 0 Å². The van der Waals surface area contributed by atoms with Crippen molar-refractivity contribution in [1.29, 1.82) is 0 Å². The van der Waals surface area contributed by atoms with Gasteiger partial charge in [0.2, 0.25) is 5.91 Å². The van der Waals surface area contributed by atoms with E-state index < -0.39 is 0 Å². The van der Waals surface area contributed by atoms with Crippen LogP contribution >= 0.6 is 0 Å². The van der Waals surface area contributed by atoms with Gasteiger partial charge in [0.15, 0.2) is 5.82 Å². The minimum absolute atomic E-state index is 0.0510. The Labute approximate surface area is 101 Å². The molecule has 5 nitrogen and oxygen atoms in total. The monoisotopic (exact) mass is 234 g/mol. The largest absolute Gasteiger partial charge is 0.352 e. The van der Waals surface area contributed by atoms with E-state index in [1.165, 1.54) is 0 Å². The number of carbonyl (C=O) groups excluding carboxylic acids is 1. The number of carbonyl (C=O) groups is 1. The van der Waals surface area contributed by atoms with Gasteiger partial charge in [0.25, 0.3) is 0 Å². The lowest BCUT2D eigenvalue weighted by atomic mass is 10.2. The molecule has 1 aliphatic carbocycles. The predicted octanol–water partition coefficient (Wildman–Crippen LogP) is 0.808. The van der Waals surface area contributed by atoms with Gasteiger partial charge < -0.3 is 10.2 Å². The smallest absolute Gasteiger partial charge is 0.239 e. The third kappa shape index (κ3) is 3.15. The molecule has 0 unspecified atom stereocenters. The van der Waals surface area contributed by atoms with Gasteiger partial charge in [-0.05, 0) is 38.3 Å². The summed E-state index contributed by atoms with van der Waals surface area (Å²) in [6, 6.07) is 2.36. The highest BCUT2D eigenvalue weighted by Crippen LogP contribution is 2.18. The fourth-order valence-electron chi connectivity index (χ4n) is 1.52. The van der Waals surface area contributed by atoms with Crippen molar-refractivity contribution in [2.45, 2.75) is 32.7 Å². The average molecular weight is 234 g/mol. The molecule has 0 atom stereocenters. The second-order valence-electron chi connectivity index (χ2n) is 4.67. The molecule has 0 aromatic carbocycles. The minimum Gasteiger partial charge on any atom is -0.352 e. The van der Waals surface area contributed by atoms with E-state index in [1.807, 2.05) is 31.9 Å². The maximum Gasteiger partial charge on any atom is 0.239 e. The molecule has 0 bridgehead atoms. The van der Waals surface area contributed by atoms with Crippen molar-refractivity contribution in [3.05, 3.63) is 17.3 Å². The molecule has 2 rings (SSSR count). The number of hydrogen-bond donors (Lipinski definition) is 1. The SMILES string of the molecule is Cc1cc(N(C)CC(=O)NC2CC2)nnc1C. The Morgan fingerprint density at radius 3 is 2.76 bits per heavy atom. The van der Waals surface area contributed by atoms with E-state index in [2.05, 4.69) is 15.5 Å². The molecule has 1 N–H and O–H groups in total. The summed E-state index contributed by atoms with van der Waals surface area (Å²) in [5.41, 5.74) is 2.01. The van der Waals surface area contributed by atoms with Crippen LogP contribution in [0.5, 0.6) is 0 Å². The first kappa shape index (κ1) is 11.8. The van der Waals surface area contributed by atoms with E-state index in [0.29, 0.717) is 12.6 Å². The van der Waals surface area contributed by atoms with Crippen LogP contribution in [0, 0.1) is 13.8 Å². The molecule has 92 valence electrons. The van der Waals surface area contributed by atoms with Gasteiger partial charge in [-0.2, -0.15) is 5.10 Å². The number of amides is 1. The van der Waals surface area contributed by atoms with Crippen LogP contribution in [-0.4, -0.2) is 35.7 Å². The summed E-state index contributed by atoms with van der Waals surface area (Å²) in [5, 5.41) is 11.1. The summed E-state index contributed by atoms with van der Waals surface area (Å²) >= 11 is 0. The number of aromatic nitrogens is 2. The summed E-state index contributed by atoms with van der Waals surface area (Å²) < 4.78 is 0. The van der Waals surface area contributed by atoms with Crippen molar-refractivity contribution in [2.24, 2.45) is 0 Å². The normalized spacial score (nSPS) is 14.5. The highest BCUT2D eigenvalue weighted by Gasteiger charge is 2.23. The van der Waals surface area contributed by atoms with E-state index in [0.717, 1.165) is 29.9 Å². The maximum absolute atomic E-state index is 11.6. The Kier molecular flexibility index (Phi) is 3.26. The molecule has 0 radical (unpaired) electrons. The predicted molar refractivity (Wildman–Crippen MR) is 65.9 cm³/mol. The van der Waals surface area contributed by atoms with Gasteiger partial charge in [0.1, 0.15) is 0 Å². The first-order chi connectivity index (χ1) is 8.06. The van der Waals surface area contributed by atoms with Gasteiger partial charge in [0, 0.05) is 13.1 Å². The van der Waals surface area contributed by atoms with Crippen LogP contribution in [0.1, 0.15) is 24.1 Å². The zero-order valence-electron chi connectivity index (χ0n) is 10.5. The maximum atomic E-state index is 11.6. The number of rotatable bonds is 4. The van der Waals surface area contributed by atoms with Crippen molar-refractivity contribution in [1.82, 2.24) is 15.5 Å². The van der Waals surface area contributed by atoms with E-state index in [1.54, 1.807) is 0 Å². The topological polar surface area (TPSA) is 58.1 Å². The number of anilines is 1. The van der Waals surface area contributed by atoms with E-state index in [9.17, 15) is 4.79 Å². The quantitative estimate of drug-likeness (QED) is 0.837. The molecular formula is C12H18N4O. The fourth-order valence-corrected chi connectivity index (χ4v) is 1.52. The second kappa shape index (κ2) is 4.69. The highest BCUT2D eigenvalue weighted by molar-refractivity contribution is 5.81. The lowest BCUT2D eigenvalue weighted by molar-refractivity contribution is -0.119. The molecule has 1 aromatic rings. The Hall–Kier alpha value is -1.65. The van der Waals surface area contributed by atoms with Gasteiger partial charge in [-0.15, -0.1) is 5.10 Å². The fraction of sp³-hybridized carbons (Fsp3) is 0.583. The Morgan fingerprint density at radius 2 is 2.18 bits per heavy atom. The van der Waals surface area contributed by atoms with Gasteiger partial charge in [-0.3, -0.25) is 4.79 Å². The molecule has 1 amide bonds. The Balaban J connectivity index is 1.95. The molecule has 0 saturated heterocycles.